The summed E-state index contributed by atoms with van der Waals surface area (Å²) >= 11 is 0. The molecule has 1 aliphatic heterocycles. The Labute approximate surface area is 97.1 Å². The minimum Gasteiger partial charge on any atom is -0.284 e. The van der Waals surface area contributed by atoms with Crippen molar-refractivity contribution in [3.05, 3.63) is 47.8 Å². The Kier molecular flexibility index (Phi) is 2.04. The monoisotopic (exact) mass is 227 g/mol. The number of imide groups is 1. The van der Waals surface area contributed by atoms with Crippen molar-refractivity contribution < 1.29 is 9.59 Å². The lowest BCUT2D eigenvalue weighted by atomic mass is 9.98. The van der Waals surface area contributed by atoms with Crippen molar-refractivity contribution in [3.63, 3.8) is 0 Å². The number of nitrogens with one attached hydrogen (secondary N) is 1. The number of aromatic nitrogens is 2. The van der Waals surface area contributed by atoms with Crippen LogP contribution in [-0.4, -0.2) is 22.0 Å². The summed E-state index contributed by atoms with van der Waals surface area (Å²) < 4.78 is 0. The van der Waals surface area contributed by atoms with Gasteiger partial charge >= 0.3 is 0 Å². The van der Waals surface area contributed by atoms with E-state index in [4.69, 9.17) is 0 Å². The normalized spacial score (nSPS) is 14.9. The van der Waals surface area contributed by atoms with Crippen molar-refractivity contribution in [1.29, 1.82) is 0 Å². The molecule has 84 valence electrons. The Morgan fingerprint density at radius 3 is 2.82 bits per heavy atom. The number of benzene rings is 1. The molecule has 0 saturated heterocycles. The molecule has 0 spiro atoms. The molecule has 17 heavy (non-hydrogen) atoms. The number of anilines is 1. The highest BCUT2D eigenvalue weighted by Gasteiger charge is 2.32. The first-order valence-corrected chi connectivity index (χ1v) is 5.21. The Hall–Kier alpha value is -2.43. The van der Waals surface area contributed by atoms with Gasteiger partial charge in [-0.25, -0.2) is 4.90 Å². The van der Waals surface area contributed by atoms with E-state index in [2.05, 4.69) is 10.2 Å². The molecule has 0 saturated carbocycles. The van der Waals surface area contributed by atoms with E-state index in [0.29, 0.717) is 11.3 Å². The van der Waals surface area contributed by atoms with Gasteiger partial charge in [0, 0.05) is 11.8 Å². The zero-order valence-electron chi connectivity index (χ0n) is 8.88. The summed E-state index contributed by atoms with van der Waals surface area (Å²) in [4.78, 5) is 25.3. The average molecular weight is 227 g/mol. The molecule has 0 unspecified atom stereocenters. The second kappa shape index (κ2) is 3.55. The third kappa shape index (κ3) is 1.44. The zero-order valence-corrected chi connectivity index (χ0v) is 8.88. The SMILES string of the molecule is O=C1Cc2ccccc2C(=O)N1c1cn[nH]c1. The van der Waals surface area contributed by atoms with E-state index in [9.17, 15) is 9.59 Å². The molecule has 1 N–H and O–H groups in total. The molecule has 3 rings (SSSR count). The quantitative estimate of drug-likeness (QED) is 0.743. The van der Waals surface area contributed by atoms with Gasteiger partial charge in [0.05, 0.1) is 18.3 Å². The average Bonchev–Trinajstić information content (AvgIpc) is 2.83. The van der Waals surface area contributed by atoms with Gasteiger partial charge in [-0.05, 0) is 11.6 Å². The van der Waals surface area contributed by atoms with Crippen molar-refractivity contribution in [2.45, 2.75) is 6.42 Å². The van der Waals surface area contributed by atoms with Crippen molar-refractivity contribution in [1.82, 2.24) is 10.2 Å². The number of hydrogen-bond acceptors (Lipinski definition) is 3. The van der Waals surface area contributed by atoms with E-state index < -0.39 is 0 Å². The highest BCUT2D eigenvalue weighted by atomic mass is 16.2. The van der Waals surface area contributed by atoms with E-state index in [0.717, 1.165) is 10.5 Å². The third-order valence-electron chi connectivity index (χ3n) is 2.78. The smallest absolute Gasteiger partial charge is 0.265 e. The van der Waals surface area contributed by atoms with Crippen LogP contribution in [-0.2, 0) is 11.2 Å². The van der Waals surface area contributed by atoms with Crippen LogP contribution in [0.3, 0.4) is 0 Å². The van der Waals surface area contributed by atoms with Gasteiger partial charge in [0.15, 0.2) is 0 Å². The fourth-order valence-electron chi connectivity index (χ4n) is 1.99. The summed E-state index contributed by atoms with van der Waals surface area (Å²) in [6.07, 6.45) is 3.24. The summed E-state index contributed by atoms with van der Waals surface area (Å²) in [5.41, 5.74) is 1.84. The first-order valence-electron chi connectivity index (χ1n) is 5.21. The van der Waals surface area contributed by atoms with E-state index in [-0.39, 0.29) is 18.2 Å². The number of amides is 2. The first-order chi connectivity index (χ1) is 8.27. The fraction of sp³-hybridized carbons (Fsp3) is 0.0833. The molecule has 0 radical (unpaired) electrons. The second-order valence-corrected chi connectivity index (χ2v) is 3.82. The zero-order chi connectivity index (χ0) is 11.8. The number of hydrogen-bond donors (Lipinski definition) is 1. The summed E-state index contributed by atoms with van der Waals surface area (Å²) in [6.45, 7) is 0. The summed E-state index contributed by atoms with van der Waals surface area (Å²) in [6, 6.07) is 7.15. The lowest BCUT2D eigenvalue weighted by Gasteiger charge is -2.25. The molecular formula is C12H9N3O2. The van der Waals surface area contributed by atoms with Gasteiger partial charge in [-0.1, -0.05) is 18.2 Å². The van der Waals surface area contributed by atoms with Crippen molar-refractivity contribution in [3.8, 4) is 0 Å². The van der Waals surface area contributed by atoms with Crippen LogP contribution in [0.4, 0.5) is 5.69 Å². The second-order valence-electron chi connectivity index (χ2n) is 3.82. The topological polar surface area (TPSA) is 66.1 Å². The maximum Gasteiger partial charge on any atom is 0.265 e. The molecule has 0 atom stereocenters. The maximum absolute atomic E-state index is 12.2. The van der Waals surface area contributed by atoms with Crippen LogP contribution in [0.1, 0.15) is 15.9 Å². The lowest BCUT2D eigenvalue weighted by molar-refractivity contribution is -0.117. The summed E-state index contributed by atoms with van der Waals surface area (Å²) in [7, 11) is 0. The minimum absolute atomic E-state index is 0.227. The van der Waals surface area contributed by atoms with Crippen LogP contribution >= 0.6 is 0 Å². The third-order valence-corrected chi connectivity index (χ3v) is 2.78. The minimum atomic E-state index is -0.293. The van der Waals surface area contributed by atoms with Crippen molar-refractivity contribution in [2.75, 3.05) is 4.90 Å². The number of aromatic amines is 1. The summed E-state index contributed by atoms with van der Waals surface area (Å²) in [5.74, 6) is -0.520. The number of H-pyrrole nitrogens is 1. The molecule has 2 heterocycles. The predicted octanol–water partition coefficient (Wildman–Crippen LogP) is 1.14. The predicted molar refractivity (Wildman–Crippen MR) is 60.6 cm³/mol. The Morgan fingerprint density at radius 2 is 2.06 bits per heavy atom. The number of nitrogens with zero attached hydrogens (tertiary/aromatic N) is 2. The van der Waals surface area contributed by atoms with Gasteiger partial charge < -0.3 is 0 Å². The molecular weight excluding hydrogens is 218 g/mol. The molecule has 0 aliphatic carbocycles. The molecule has 5 nitrogen and oxygen atoms in total. The van der Waals surface area contributed by atoms with Crippen molar-refractivity contribution >= 4 is 17.5 Å². The van der Waals surface area contributed by atoms with E-state index in [1.54, 1.807) is 18.2 Å². The highest BCUT2D eigenvalue weighted by molar-refractivity contribution is 6.24. The maximum atomic E-state index is 12.2. The van der Waals surface area contributed by atoms with Crippen molar-refractivity contribution in [2.24, 2.45) is 0 Å². The highest BCUT2D eigenvalue weighted by Crippen LogP contribution is 2.24. The largest absolute Gasteiger partial charge is 0.284 e. The van der Waals surface area contributed by atoms with Gasteiger partial charge in [0.2, 0.25) is 5.91 Å². The lowest BCUT2D eigenvalue weighted by Crippen LogP contribution is -2.42. The number of rotatable bonds is 1. The number of fused-ring (bicyclic) bond motifs is 1. The Bertz CT molecular complexity index is 590. The molecule has 2 amide bonds. The van der Waals surface area contributed by atoms with Crippen LogP contribution in [0.25, 0.3) is 0 Å². The van der Waals surface area contributed by atoms with E-state index in [1.807, 2.05) is 6.07 Å². The van der Waals surface area contributed by atoms with Crippen LogP contribution in [0, 0.1) is 0 Å². The Morgan fingerprint density at radius 1 is 1.24 bits per heavy atom. The van der Waals surface area contributed by atoms with Gasteiger partial charge in [-0.3, -0.25) is 14.7 Å². The van der Waals surface area contributed by atoms with E-state index >= 15 is 0 Å². The molecule has 5 heteroatoms. The molecule has 1 aromatic carbocycles. The summed E-state index contributed by atoms with van der Waals surface area (Å²) in [5, 5.41) is 6.35. The van der Waals surface area contributed by atoms with E-state index in [1.165, 1.54) is 12.4 Å². The van der Waals surface area contributed by atoms with Crippen LogP contribution < -0.4 is 4.90 Å². The first kappa shape index (κ1) is 9.77. The molecule has 2 aromatic rings. The Balaban J connectivity index is 2.10. The fourth-order valence-corrected chi connectivity index (χ4v) is 1.99. The molecule has 0 fully saturated rings. The number of carbonyl (C=O) groups excluding carboxylic acids is 2. The molecule has 1 aromatic heterocycles. The van der Waals surface area contributed by atoms with Gasteiger partial charge in [0.25, 0.3) is 5.91 Å². The van der Waals surface area contributed by atoms with Gasteiger partial charge in [-0.15, -0.1) is 0 Å². The van der Waals surface area contributed by atoms with Crippen LogP contribution in [0.15, 0.2) is 36.7 Å². The molecule has 0 bridgehead atoms. The van der Waals surface area contributed by atoms with Gasteiger partial charge in [0.1, 0.15) is 0 Å². The number of carbonyl (C=O) groups is 2. The van der Waals surface area contributed by atoms with Gasteiger partial charge in [-0.2, -0.15) is 5.10 Å². The molecule has 1 aliphatic rings. The standard InChI is InChI=1S/C12H9N3O2/c16-11-5-8-3-1-2-4-10(8)12(17)15(11)9-6-13-14-7-9/h1-4,6-7H,5H2,(H,13,14). The van der Waals surface area contributed by atoms with Crippen LogP contribution in [0.2, 0.25) is 0 Å². The van der Waals surface area contributed by atoms with Crippen LogP contribution in [0.5, 0.6) is 0 Å².